The van der Waals surface area contributed by atoms with E-state index in [0.29, 0.717) is 36.2 Å². The number of rotatable bonds is 12. The summed E-state index contributed by atoms with van der Waals surface area (Å²) in [6, 6.07) is 14.8. The van der Waals surface area contributed by atoms with E-state index in [1.165, 1.54) is 5.56 Å². The molecule has 1 aromatic heterocycles. The Morgan fingerprint density at radius 3 is 2.39 bits per heavy atom. The van der Waals surface area contributed by atoms with Crippen LogP contribution >= 0.6 is 0 Å². The number of fused-ring (bicyclic) bond motifs is 3. The lowest BCUT2D eigenvalue weighted by Gasteiger charge is -2.39. The minimum absolute atomic E-state index is 0.00739. The van der Waals surface area contributed by atoms with Crippen LogP contribution in [0.3, 0.4) is 0 Å². The van der Waals surface area contributed by atoms with Crippen molar-refractivity contribution in [1.82, 2.24) is 41.5 Å². The van der Waals surface area contributed by atoms with Crippen LogP contribution in [0.15, 0.2) is 43.0 Å². The van der Waals surface area contributed by atoms with Crippen molar-refractivity contribution in [2.75, 3.05) is 19.6 Å². The summed E-state index contributed by atoms with van der Waals surface area (Å²) in [5.41, 5.74) is 6.12. The second-order valence-corrected chi connectivity index (χ2v) is 14.2. The minimum atomic E-state index is -0.820. The van der Waals surface area contributed by atoms with E-state index in [0.717, 1.165) is 85.9 Å². The van der Waals surface area contributed by atoms with Gasteiger partial charge >= 0.3 is 0 Å². The van der Waals surface area contributed by atoms with E-state index < -0.39 is 5.41 Å². The smallest absolute Gasteiger partial charge is 0.251 e. The van der Waals surface area contributed by atoms with Crippen LogP contribution < -0.4 is 16.0 Å². The highest BCUT2D eigenvalue weighted by molar-refractivity contribution is 5.94. The van der Waals surface area contributed by atoms with Gasteiger partial charge in [0.1, 0.15) is 6.04 Å². The molecule has 11 heteroatoms. The van der Waals surface area contributed by atoms with Gasteiger partial charge in [0.2, 0.25) is 5.91 Å². The van der Waals surface area contributed by atoms with Crippen molar-refractivity contribution in [2.45, 2.75) is 95.2 Å². The number of aromatic amines is 1. The number of hydrogen-bond acceptors (Lipinski definition) is 8. The second kappa shape index (κ2) is 13.7. The number of carbonyl (C=O) groups is 2. The lowest BCUT2D eigenvalue weighted by atomic mass is 9.66. The highest BCUT2D eigenvalue weighted by atomic mass is 16.2. The molecule has 0 bridgehead atoms. The van der Waals surface area contributed by atoms with Crippen molar-refractivity contribution < 1.29 is 9.59 Å². The van der Waals surface area contributed by atoms with Crippen molar-refractivity contribution >= 4 is 17.5 Å². The largest absolute Gasteiger partial charge is 0.385 e. The van der Waals surface area contributed by atoms with Gasteiger partial charge in [-0.05, 0) is 117 Å². The topological polar surface area (TPSA) is 152 Å². The molecule has 7 rings (SSSR count). The molecular weight excluding hydrogens is 614 g/mol. The maximum Gasteiger partial charge on any atom is 0.251 e. The number of hydrogen-bond donors (Lipinski definition) is 4. The normalized spacial score (nSPS) is 24.6. The first-order chi connectivity index (χ1) is 23.9. The Labute approximate surface area is 288 Å². The molecule has 3 fully saturated rings. The predicted molar refractivity (Wildman–Crippen MR) is 186 cm³/mol. The zero-order valence-electron chi connectivity index (χ0n) is 28.6. The van der Waals surface area contributed by atoms with Crippen molar-refractivity contribution in [3.63, 3.8) is 0 Å². The fraction of sp³-hybridized carbons (Fsp3) is 0.526. The average Bonchev–Trinajstić information content (AvgIpc) is 3.52. The third-order valence-corrected chi connectivity index (χ3v) is 11.4. The highest BCUT2D eigenvalue weighted by Gasteiger charge is 2.54. The van der Waals surface area contributed by atoms with Crippen molar-refractivity contribution in [1.29, 1.82) is 5.26 Å². The fourth-order valence-corrected chi connectivity index (χ4v) is 8.99. The number of amides is 2. The van der Waals surface area contributed by atoms with Gasteiger partial charge in [-0.1, -0.05) is 42.8 Å². The van der Waals surface area contributed by atoms with E-state index in [1.807, 2.05) is 24.0 Å². The van der Waals surface area contributed by atoms with Gasteiger partial charge in [-0.2, -0.15) is 10.5 Å². The van der Waals surface area contributed by atoms with Crippen molar-refractivity contribution in [3.8, 4) is 6.07 Å². The number of aromatic nitrogens is 4. The van der Waals surface area contributed by atoms with E-state index in [-0.39, 0.29) is 36.5 Å². The number of carbonyl (C=O) groups excluding carboxylic acids is 2. The summed E-state index contributed by atoms with van der Waals surface area (Å²) in [6.45, 7) is 9.79. The maximum atomic E-state index is 13.8. The Balaban J connectivity index is 1.34. The number of H-pyrrole nitrogens is 1. The van der Waals surface area contributed by atoms with Gasteiger partial charge in [0.05, 0.1) is 18.0 Å². The Morgan fingerprint density at radius 1 is 1.04 bits per heavy atom. The van der Waals surface area contributed by atoms with E-state index in [4.69, 9.17) is 5.10 Å². The summed E-state index contributed by atoms with van der Waals surface area (Å²) in [6.07, 6.45) is 8.34. The molecule has 5 atom stereocenters. The number of tetrazole rings is 1. The van der Waals surface area contributed by atoms with Crippen LogP contribution in [0.4, 0.5) is 0 Å². The molecule has 11 nitrogen and oxygen atoms in total. The van der Waals surface area contributed by atoms with Gasteiger partial charge in [-0.3, -0.25) is 9.59 Å². The standard InChI is InChI=1S/C38H47N9O2/c1-4-40-23(3)25-12-14-31-26(16-25)10-11-27-17-28(36(49)41-5-2)13-15-32(27)38(31,37-43-45-46-44-37)20-33(24-8-6-7-9-24)42-22-35(48)47-30(21-39)18-29-19-34(29)47/h12-17,24,29-30,33-34,40,42H,3-11,18-20,22H2,1-2H3,(H,41,49)(H,43,44,45,46)/t29-,30?,33+,34+,38?/m1/s1. The van der Waals surface area contributed by atoms with Gasteiger partial charge in [-0.25, -0.2) is 0 Å². The lowest BCUT2D eigenvalue weighted by molar-refractivity contribution is -0.131. The molecule has 0 radical (unpaired) electrons. The third-order valence-electron chi connectivity index (χ3n) is 11.4. The zero-order chi connectivity index (χ0) is 34.1. The Morgan fingerprint density at radius 2 is 1.73 bits per heavy atom. The zero-order valence-corrected chi connectivity index (χ0v) is 28.6. The SMILES string of the molecule is C=C(NCC)c1ccc2c(c1)CCc1cc(C(=O)NCC)ccc1C2(C[C@H](NCC(=O)N1C(C#N)C[C@@H]2C[C@@H]21)C1CCCC1)c1nn[nH]n1. The third kappa shape index (κ3) is 6.12. The number of aryl methyl sites for hydroxylation is 2. The van der Waals surface area contributed by atoms with Crippen molar-refractivity contribution in [2.24, 2.45) is 11.8 Å². The molecule has 2 heterocycles. The Kier molecular flexibility index (Phi) is 9.25. The first kappa shape index (κ1) is 33.0. The lowest BCUT2D eigenvalue weighted by Crippen LogP contribution is -2.49. The van der Waals surface area contributed by atoms with E-state index in [9.17, 15) is 14.9 Å². The van der Waals surface area contributed by atoms with Gasteiger partial charge in [-0.15, -0.1) is 10.2 Å². The first-order valence-electron chi connectivity index (χ1n) is 18.0. The van der Waals surface area contributed by atoms with Crippen LogP contribution in [0.2, 0.25) is 0 Å². The fourth-order valence-electron chi connectivity index (χ4n) is 8.99. The second-order valence-electron chi connectivity index (χ2n) is 14.2. The molecule has 0 spiro atoms. The summed E-state index contributed by atoms with van der Waals surface area (Å²) in [7, 11) is 0. The number of nitrogens with zero attached hydrogens (tertiary/aromatic N) is 5. The summed E-state index contributed by atoms with van der Waals surface area (Å²) in [4.78, 5) is 28.6. The molecule has 2 saturated carbocycles. The van der Waals surface area contributed by atoms with Crippen LogP contribution in [0, 0.1) is 23.2 Å². The molecule has 2 aromatic carbocycles. The van der Waals surface area contributed by atoms with E-state index >= 15 is 0 Å². The quantitative estimate of drug-likeness (QED) is 0.227. The molecule has 1 aliphatic heterocycles. The van der Waals surface area contributed by atoms with E-state index in [2.05, 4.69) is 75.3 Å². The molecule has 49 heavy (non-hydrogen) atoms. The molecule has 4 aliphatic rings. The molecule has 4 N–H and O–H groups in total. The molecule has 2 amide bonds. The monoisotopic (exact) mass is 661 g/mol. The Bertz CT molecular complexity index is 1690. The highest BCUT2D eigenvalue weighted by Crippen LogP contribution is 2.49. The van der Waals surface area contributed by atoms with Gasteiger partial charge in [0.25, 0.3) is 5.91 Å². The van der Waals surface area contributed by atoms with Gasteiger partial charge in [0, 0.05) is 36.4 Å². The molecule has 256 valence electrons. The molecule has 1 saturated heterocycles. The summed E-state index contributed by atoms with van der Waals surface area (Å²) >= 11 is 0. The van der Waals surface area contributed by atoms with Crippen LogP contribution in [-0.4, -0.2) is 75.1 Å². The first-order valence-corrected chi connectivity index (χ1v) is 18.0. The van der Waals surface area contributed by atoms with Crippen LogP contribution in [-0.2, 0) is 23.1 Å². The van der Waals surface area contributed by atoms with Crippen LogP contribution in [0.1, 0.15) is 103 Å². The number of benzene rings is 2. The van der Waals surface area contributed by atoms with E-state index in [1.54, 1.807) is 0 Å². The molecule has 3 aliphatic carbocycles. The predicted octanol–water partition coefficient (Wildman–Crippen LogP) is 4.01. The minimum Gasteiger partial charge on any atom is -0.385 e. The molecular formula is C38H47N9O2. The number of nitrogens with one attached hydrogen (secondary N) is 4. The Hall–Kier alpha value is -4.56. The van der Waals surface area contributed by atoms with Crippen molar-refractivity contribution in [3.05, 3.63) is 82.2 Å². The maximum absolute atomic E-state index is 13.8. The number of piperidine rings is 1. The number of nitriles is 1. The van der Waals surface area contributed by atoms with Gasteiger partial charge < -0.3 is 20.9 Å². The summed E-state index contributed by atoms with van der Waals surface area (Å²) in [5, 5.41) is 36.1. The summed E-state index contributed by atoms with van der Waals surface area (Å²) in [5.74, 6) is 1.31. The van der Waals surface area contributed by atoms with Crippen LogP contribution in [0.25, 0.3) is 5.70 Å². The molecule has 2 unspecified atom stereocenters. The van der Waals surface area contributed by atoms with Gasteiger partial charge in [0.15, 0.2) is 5.82 Å². The summed E-state index contributed by atoms with van der Waals surface area (Å²) < 4.78 is 0. The average molecular weight is 662 g/mol. The number of likely N-dealkylation sites (tertiary alicyclic amines) is 1. The molecule has 3 aromatic rings. The van der Waals surface area contributed by atoms with Crippen LogP contribution in [0.5, 0.6) is 0 Å².